The number of carbonyl (C=O) groups is 1. The van der Waals surface area contributed by atoms with E-state index in [-0.39, 0.29) is 37.2 Å². The minimum atomic E-state index is -3.69. The molecule has 3 rings (SSSR count). The Bertz CT molecular complexity index is 941. The first-order valence-electron chi connectivity index (χ1n) is 9.12. The molecule has 1 fully saturated rings. The number of piperidine rings is 1. The Labute approximate surface area is 178 Å². The summed E-state index contributed by atoms with van der Waals surface area (Å²) in [6.07, 6.45) is -1.22. The fourth-order valence-electron chi connectivity index (χ4n) is 3.35. The fraction of sp³-hybridized carbons (Fsp3) is 0.350. The molecule has 9 heteroatoms. The van der Waals surface area contributed by atoms with E-state index in [0.29, 0.717) is 5.75 Å². The second-order valence-corrected chi connectivity index (χ2v) is 9.83. The smallest absolute Gasteiger partial charge is 0.307 e. The molecule has 0 amide bonds. The topological polar surface area (TPSA) is 104 Å². The third-order valence-corrected chi connectivity index (χ3v) is 7.46. The molecule has 1 aliphatic heterocycles. The first-order chi connectivity index (χ1) is 13.7. The number of halogens is 1. The van der Waals surface area contributed by atoms with Crippen LogP contribution >= 0.6 is 15.9 Å². The Hall–Kier alpha value is -1.94. The Morgan fingerprint density at radius 2 is 1.69 bits per heavy atom. The monoisotopic (exact) mass is 483 g/mol. The predicted octanol–water partition coefficient (Wildman–Crippen LogP) is 2.89. The van der Waals surface area contributed by atoms with Gasteiger partial charge in [-0.3, -0.25) is 4.79 Å². The lowest BCUT2D eigenvalue weighted by Crippen LogP contribution is -2.55. The Kier molecular flexibility index (Phi) is 6.62. The van der Waals surface area contributed by atoms with E-state index in [1.54, 1.807) is 42.5 Å². The SMILES string of the molecule is O=C(O)CC(Oc1ccccc1)C1(O)CCN(S(=O)(=O)c2ccc(Br)cc2)CC1. The number of benzene rings is 2. The van der Waals surface area contributed by atoms with E-state index in [4.69, 9.17) is 4.74 Å². The van der Waals surface area contributed by atoms with Gasteiger partial charge in [0, 0.05) is 17.6 Å². The summed E-state index contributed by atoms with van der Waals surface area (Å²) in [6, 6.07) is 15.0. The molecular formula is C20H22BrNO6S. The van der Waals surface area contributed by atoms with Crippen LogP contribution in [0.5, 0.6) is 5.75 Å². The molecule has 2 N–H and O–H groups in total. The second-order valence-electron chi connectivity index (χ2n) is 6.98. The first kappa shape index (κ1) is 21.8. The summed E-state index contributed by atoms with van der Waals surface area (Å²) in [5.41, 5.74) is -1.44. The van der Waals surface area contributed by atoms with Crippen molar-refractivity contribution in [3.63, 3.8) is 0 Å². The number of nitrogens with zero attached hydrogens (tertiary/aromatic N) is 1. The van der Waals surface area contributed by atoms with E-state index in [2.05, 4.69) is 15.9 Å². The lowest BCUT2D eigenvalue weighted by atomic mass is 9.85. The minimum absolute atomic E-state index is 0.0726. The third-order valence-electron chi connectivity index (χ3n) is 5.02. The van der Waals surface area contributed by atoms with E-state index in [0.717, 1.165) is 4.47 Å². The van der Waals surface area contributed by atoms with Gasteiger partial charge in [-0.1, -0.05) is 34.1 Å². The molecule has 1 aliphatic rings. The van der Waals surface area contributed by atoms with E-state index in [1.807, 2.05) is 0 Å². The standard InChI is InChI=1S/C20H22BrNO6S/c21-15-6-8-17(9-7-15)29(26,27)22-12-10-20(25,11-13-22)18(14-19(23)24)28-16-4-2-1-3-5-16/h1-9,18,25H,10-14H2,(H,23,24). The average Bonchev–Trinajstić information content (AvgIpc) is 2.69. The summed E-state index contributed by atoms with van der Waals surface area (Å²) >= 11 is 3.28. The molecule has 0 spiro atoms. The number of ether oxygens (including phenoxy) is 1. The maximum Gasteiger partial charge on any atom is 0.307 e. The average molecular weight is 484 g/mol. The number of carboxylic acid groups (broad SMARTS) is 1. The maximum absolute atomic E-state index is 12.9. The molecule has 2 aromatic carbocycles. The zero-order valence-electron chi connectivity index (χ0n) is 15.6. The molecule has 0 aromatic heterocycles. The van der Waals surface area contributed by atoms with Gasteiger partial charge in [0.15, 0.2) is 0 Å². The third kappa shape index (κ3) is 5.16. The van der Waals surface area contributed by atoms with Crippen molar-refractivity contribution in [1.29, 1.82) is 0 Å². The van der Waals surface area contributed by atoms with Crippen LogP contribution in [0.15, 0.2) is 64.0 Å². The highest BCUT2D eigenvalue weighted by Crippen LogP contribution is 2.33. The largest absolute Gasteiger partial charge is 0.487 e. The summed E-state index contributed by atoms with van der Waals surface area (Å²) in [4.78, 5) is 11.5. The number of aliphatic hydroxyl groups is 1. The van der Waals surface area contributed by atoms with Crippen LogP contribution in [0, 0.1) is 0 Å². The van der Waals surface area contributed by atoms with Crippen molar-refractivity contribution in [2.45, 2.75) is 35.9 Å². The molecule has 0 saturated carbocycles. The van der Waals surface area contributed by atoms with E-state index >= 15 is 0 Å². The van der Waals surface area contributed by atoms with Crippen LogP contribution in [0.3, 0.4) is 0 Å². The van der Waals surface area contributed by atoms with E-state index < -0.39 is 27.7 Å². The van der Waals surface area contributed by atoms with Crippen LogP contribution in [0.2, 0.25) is 0 Å². The van der Waals surface area contributed by atoms with Gasteiger partial charge < -0.3 is 14.9 Å². The molecule has 29 heavy (non-hydrogen) atoms. The normalized spacial score (nSPS) is 18.1. The number of aliphatic carboxylic acids is 1. The Morgan fingerprint density at radius 1 is 1.10 bits per heavy atom. The van der Waals surface area contributed by atoms with Crippen molar-refractivity contribution in [1.82, 2.24) is 4.31 Å². The van der Waals surface area contributed by atoms with Crippen LogP contribution in [-0.2, 0) is 14.8 Å². The van der Waals surface area contributed by atoms with Crippen molar-refractivity contribution in [3.05, 3.63) is 59.1 Å². The minimum Gasteiger partial charge on any atom is -0.487 e. The van der Waals surface area contributed by atoms with Crippen molar-refractivity contribution in [3.8, 4) is 5.75 Å². The van der Waals surface area contributed by atoms with Gasteiger partial charge in [0.25, 0.3) is 0 Å². The summed E-state index contributed by atoms with van der Waals surface area (Å²) in [5.74, 6) is -0.638. The molecule has 156 valence electrons. The summed E-state index contributed by atoms with van der Waals surface area (Å²) in [5, 5.41) is 20.4. The highest BCUT2D eigenvalue weighted by atomic mass is 79.9. The number of hydrogen-bond donors (Lipinski definition) is 2. The molecule has 1 atom stereocenters. The zero-order chi connectivity index (χ0) is 21.1. The lowest BCUT2D eigenvalue weighted by molar-refractivity contribution is -0.146. The summed E-state index contributed by atoms with van der Waals surface area (Å²) in [6.45, 7) is 0.145. The molecule has 2 aromatic rings. The number of hydrogen-bond acceptors (Lipinski definition) is 5. The van der Waals surface area contributed by atoms with Gasteiger partial charge in [-0.05, 0) is 49.2 Å². The lowest BCUT2D eigenvalue weighted by Gasteiger charge is -2.41. The first-order valence-corrected chi connectivity index (χ1v) is 11.4. The predicted molar refractivity (Wildman–Crippen MR) is 110 cm³/mol. The van der Waals surface area contributed by atoms with E-state index in [1.165, 1.54) is 16.4 Å². The zero-order valence-corrected chi connectivity index (χ0v) is 18.0. The maximum atomic E-state index is 12.9. The molecule has 0 aliphatic carbocycles. The summed E-state index contributed by atoms with van der Waals surface area (Å²) in [7, 11) is -3.69. The molecule has 1 heterocycles. The van der Waals surface area contributed by atoms with Gasteiger partial charge in [0.2, 0.25) is 10.0 Å². The van der Waals surface area contributed by atoms with Crippen LogP contribution < -0.4 is 4.74 Å². The van der Waals surface area contributed by atoms with Crippen molar-refractivity contribution < 1.29 is 28.2 Å². The van der Waals surface area contributed by atoms with Crippen molar-refractivity contribution >= 4 is 31.9 Å². The Morgan fingerprint density at radius 3 is 2.24 bits per heavy atom. The molecule has 1 unspecified atom stereocenters. The molecule has 0 bridgehead atoms. The van der Waals surface area contributed by atoms with Gasteiger partial charge in [-0.25, -0.2) is 8.42 Å². The van der Waals surface area contributed by atoms with Gasteiger partial charge in [0.1, 0.15) is 17.5 Å². The van der Waals surface area contributed by atoms with Crippen LogP contribution in [0.4, 0.5) is 0 Å². The van der Waals surface area contributed by atoms with Crippen LogP contribution in [0.25, 0.3) is 0 Å². The number of sulfonamides is 1. The quantitative estimate of drug-likeness (QED) is 0.627. The number of carboxylic acids is 1. The van der Waals surface area contributed by atoms with Crippen LogP contribution in [-0.4, -0.2) is 53.7 Å². The number of rotatable bonds is 7. The van der Waals surface area contributed by atoms with E-state index in [9.17, 15) is 23.4 Å². The van der Waals surface area contributed by atoms with Gasteiger partial charge in [-0.2, -0.15) is 4.31 Å². The van der Waals surface area contributed by atoms with Gasteiger partial charge >= 0.3 is 5.97 Å². The highest BCUT2D eigenvalue weighted by Gasteiger charge is 2.44. The second kappa shape index (κ2) is 8.83. The van der Waals surface area contributed by atoms with Crippen molar-refractivity contribution in [2.24, 2.45) is 0 Å². The fourth-order valence-corrected chi connectivity index (χ4v) is 5.06. The summed E-state index contributed by atoms with van der Waals surface area (Å²) < 4.78 is 33.6. The molecule has 1 saturated heterocycles. The molecule has 0 radical (unpaired) electrons. The highest BCUT2D eigenvalue weighted by molar-refractivity contribution is 9.10. The number of para-hydroxylation sites is 1. The van der Waals surface area contributed by atoms with Crippen molar-refractivity contribution in [2.75, 3.05) is 13.1 Å². The van der Waals surface area contributed by atoms with Gasteiger partial charge in [0.05, 0.1) is 11.3 Å². The van der Waals surface area contributed by atoms with Crippen LogP contribution in [0.1, 0.15) is 19.3 Å². The van der Waals surface area contributed by atoms with Gasteiger partial charge in [-0.15, -0.1) is 0 Å². The molecule has 7 nitrogen and oxygen atoms in total. The Balaban J connectivity index is 1.74. The molecular weight excluding hydrogens is 462 g/mol.